The summed E-state index contributed by atoms with van der Waals surface area (Å²) in [6, 6.07) is 5.87. The van der Waals surface area contributed by atoms with Gasteiger partial charge in [-0.05, 0) is 49.8 Å². The number of halogens is 2. The normalized spacial score (nSPS) is 23.3. The summed E-state index contributed by atoms with van der Waals surface area (Å²) < 4.78 is 32.7. The first-order valence-corrected chi connectivity index (χ1v) is 10.9. The van der Waals surface area contributed by atoms with Crippen molar-refractivity contribution in [3.63, 3.8) is 0 Å². The molecule has 1 aromatic carbocycles. The molecule has 8 nitrogen and oxygen atoms in total. The molecular formula is C22H23F2N7O. The van der Waals surface area contributed by atoms with E-state index >= 15 is 0 Å². The molecule has 0 bridgehead atoms. The Labute approximate surface area is 182 Å². The standard InChI is InChI=1S/C22H23F2N7O/c23-19(24)12-31-18-9-13(1-2-17(18)29-30-31)15-10-25-20-16(15)11-26-21(28-20)27-14-3-5-22(6-4-14)7-8-32-22/h1-2,9-11,14,19H,3-8,12H2,(H2,25,26,27,28)/t14-,22-. The molecule has 1 aliphatic heterocycles. The van der Waals surface area contributed by atoms with Gasteiger partial charge in [-0.25, -0.2) is 18.4 Å². The van der Waals surface area contributed by atoms with Crippen LogP contribution in [-0.4, -0.2) is 54.6 Å². The molecule has 32 heavy (non-hydrogen) atoms. The van der Waals surface area contributed by atoms with Crippen molar-refractivity contribution in [2.75, 3.05) is 11.9 Å². The number of anilines is 1. The lowest BCUT2D eigenvalue weighted by molar-refractivity contribution is -0.165. The van der Waals surface area contributed by atoms with Gasteiger partial charge in [0.2, 0.25) is 5.95 Å². The maximum absolute atomic E-state index is 12.9. The van der Waals surface area contributed by atoms with E-state index in [0.29, 0.717) is 23.0 Å². The second-order valence-corrected chi connectivity index (χ2v) is 8.72. The number of ether oxygens (including phenoxy) is 1. The van der Waals surface area contributed by atoms with Crippen molar-refractivity contribution in [2.45, 2.75) is 56.7 Å². The van der Waals surface area contributed by atoms with Gasteiger partial charge in [-0.3, -0.25) is 0 Å². The lowest BCUT2D eigenvalue weighted by Gasteiger charge is -2.46. The number of aromatic nitrogens is 6. The maximum atomic E-state index is 12.9. The first-order chi connectivity index (χ1) is 15.6. The monoisotopic (exact) mass is 439 g/mol. The number of alkyl halides is 2. The van der Waals surface area contributed by atoms with Crippen LogP contribution in [-0.2, 0) is 11.3 Å². The van der Waals surface area contributed by atoms with Crippen molar-refractivity contribution in [1.82, 2.24) is 29.9 Å². The van der Waals surface area contributed by atoms with Gasteiger partial charge in [0.1, 0.15) is 17.7 Å². The minimum atomic E-state index is -2.49. The number of nitrogens with zero attached hydrogens (tertiary/aromatic N) is 5. The summed E-state index contributed by atoms with van der Waals surface area (Å²) in [5, 5.41) is 12.2. The van der Waals surface area contributed by atoms with Gasteiger partial charge in [-0.15, -0.1) is 5.10 Å². The minimum Gasteiger partial charge on any atom is -0.375 e. The zero-order valence-electron chi connectivity index (χ0n) is 17.4. The summed E-state index contributed by atoms with van der Waals surface area (Å²) in [5.41, 5.74) is 3.79. The molecule has 1 aliphatic carbocycles. The smallest absolute Gasteiger partial charge is 0.258 e. The van der Waals surface area contributed by atoms with Crippen molar-refractivity contribution in [2.24, 2.45) is 0 Å². The molecule has 4 heterocycles. The number of hydrogen-bond acceptors (Lipinski definition) is 6. The van der Waals surface area contributed by atoms with E-state index in [4.69, 9.17) is 4.74 Å². The maximum Gasteiger partial charge on any atom is 0.258 e. The summed E-state index contributed by atoms with van der Waals surface area (Å²) in [6.07, 6.45) is 6.62. The zero-order chi connectivity index (χ0) is 21.7. The first kappa shape index (κ1) is 19.5. The van der Waals surface area contributed by atoms with Gasteiger partial charge in [0.25, 0.3) is 6.43 Å². The number of H-pyrrole nitrogens is 1. The Morgan fingerprint density at radius 1 is 1.25 bits per heavy atom. The molecular weight excluding hydrogens is 416 g/mol. The molecule has 3 aromatic heterocycles. The van der Waals surface area contributed by atoms with Crippen molar-refractivity contribution >= 4 is 28.0 Å². The lowest BCUT2D eigenvalue weighted by atomic mass is 9.77. The molecule has 10 heteroatoms. The topological polar surface area (TPSA) is 93.5 Å². The predicted molar refractivity (Wildman–Crippen MR) is 116 cm³/mol. The molecule has 166 valence electrons. The average Bonchev–Trinajstić information content (AvgIpc) is 3.36. The molecule has 1 saturated heterocycles. The molecule has 6 rings (SSSR count). The van der Waals surface area contributed by atoms with E-state index in [1.807, 2.05) is 18.3 Å². The van der Waals surface area contributed by atoms with Crippen molar-refractivity contribution in [3.05, 3.63) is 30.6 Å². The number of benzene rings is 1. The second-order valence-electron chi connectivity index (χ2n) is 8.72. The van der Waals surface area contributed by atoms with Gasteiger partial charge in [-0.1, -0.05) is 11.3 Å². The third kappa shape index (κ3) is 3.38. The molecule has 0 radical (unpaired) electrons. The van der Waals surface area contributed by atoms with Crippen LogP contribution in [0.4, 0.5) is 14.7 Å². The van der Waals surface area contributed by atoms with Crippen LogP contribution in [0.15, 0.2) is 30.6 Å². The fourth-order valence-corrected chi connectivity index (χ4v) is 4.87. The lowest BCUT2D eigenvalue weighted by Crippen LogP contribution is -2.48. The Bertz CT molecular complexity index is 1270. The fraction of sp³-hybridized carbons (Fsp3) is 0.455. The SMILES string of the molecule is FC(F)Cn1nnc2ccc(-c3c[nH]c4nc(N[C@H]5CC[C@@]6(CCO6)CC5)ncc34)cc21. The third-order valence-electron chi connectivity index (χ3n) is 6.76. The van der Waals surface area contributed by atoms with Crippen LogP contribution in [0.2, 0.25) is 0 Å². The third-order valence-corrected chi connectivity index (χ3v) is 6.76. The molecule has 0 atom stereocenters. The van der Waals surface area contributed by atoms with Crippen molar-refractivity contribution in [1.29, 1.82) is 0 Å². The van der Waals surface area contributed by atoms with Crippen LogP contribution < -0.4 is 5.32 Å². The Balaban J connectivity index is 1.24. The van der Waals surface area contributed by atoms with E-state index < -0.39 is 13.0 Å². The summed E-state index contributed by atoms with van der Waals surface area (Å²) in [5.74, 6) is 0.607. The number of aromatic amines is 1. The van der Waals surface area contributed by atoms with E-state index in [1.165, 1.54) is 11.1 Å². The van der Waals surface area contributed by atoms with Crippen LogP contribution >= 0.6 is 0 Å². The number of hydrogen-bond donors (Lipinski definition) is 2. The van der Waals surface area contributed by atoms with E-state index in [-0.39, 0.29) is 5.60 Å². The summed E-state index contributed by atoms with van der Waals surface area (Å²) >= 11 is 0. The second kappa shape index (κ2) is 7.47. The van der Waals surface area contributed by atoms with Gasteiger partial charge in [0.05, 0.1) is 17.7 Å². The van der Waals surface area contributed by atoms with E-state index in [1.54, 1.807) is 12.3 Å². The molecule has 1 saturated carbocycles. The van der Waals surface area contributed by atoms with Crippen LogP contribution in [0.25, 0.3) is 33.2 Å². The molecule has 0 amide bonds. The van der Waals surface area contributed by atoms with E-state index in [2.05, 4.69) is 30.6 Å². The fourth-order valence-electron chi connectivity index (χ4n) is 4.87. The van der Waals surface area contributed by atoms with Crippen LogP contribution in [0.5, 0.6) is 0 Å². The first-order valence-electron chi connectivity index (χ1n) is 10.9. The van der Waals surface area contributed by atoms with E-state index in [9.17, 15) is 8.78 Å². The highest BCUT2D eigenvalue weighted by atomic mass is 19.3. The molecule has 2 aliphatic rings. The Morgan fingerprint density at radius 2 is 2.09 bits per heavy atom. The van der Waals surface area contributed by atoms with Gasteiger partial charge in [-0.2, -0.15) is 4.98 Å². The molecule has 2 fully saturated rings. The van der Waals surface area contributed by atoms with Crippen LogP contribution in [0, 0.1) is 0 Å². The highest BCUT2D eigenvalue weighted by Gasteiger charge is 2.41. The molecule has 1 spiro atoms. The summed E-state index contributed by atoms with van der Waals surface area (Å²) in [4.78, 5) is 12.4. The average molecular weight is 439 g/mol. The van der Waals surface area contributed by atoms with Gasteiger partial charge >= 0.3 is 0 Å². The Kier molecular flexibility index (Phi) is 4.56. The van der Waals surface area contributed by atoms with Gasteiger partial charge in [0, 0.05) is 29.4 Å². The highest BCUT2D eigenvalue weighted by molar-refractivity contribution is 5.95. The van der Waals surface area contributed by atoms with Gasteiger partial charge < -0.3 is 15.0 Å². The predicted octanol–water partition coefficient (Wildman–Crippen LogP) is 4.15. The largest absolute Gasteiger partial charge is 0.375 e. The number of rotatable bonds is 5. The number of nitrogens with one attached hydrogen (secondary N) is 2. The summed E-state index contributed by atoms with van der Waals surface area (Å²) in [7, 11) is 0. The molecule has 4 aromatic rings. The molecule has 2 N–H and O–H groups in total. The molecule has 0 unspecified atom stereocenters. The van der Waals surface area contributed by atoms with Crippen molar-refractivity contribution < 1.29 is 13.5 Å². The number of fused-ring (bicyclic) bond motifs is 2. The highest BCUT2D eigenvalue weighted by Crippen LogP contribution is 2.41. The van der Waals surface area contributed by atoms with Crippen LogP contribution in [0.1, 0.15) is 32.1 Å². The van der Waals surface area contributed by atoms with E-state index in [0.717, 1.165) is 54.5 Å². The Hall–Kier alpha value is -3.14. The summed E-state index contributed by atoms with van der Waals surface area (Å²) in [6.45, 7) is 0.408. The Morgan fingerprint density at radius 3 is 2.84 bits per heavy atom. The minimum absolute atomic E-state index is 0.138. The quantitative estimate of drug-likeness (QED) is 0.485. The zero-order valence-corrected chi connectivity index (χ0v) is 17.4. The van der Waals surface area contributed by atoms with Crippen molar-refractivity contribution in [3.8, 4) is 11.1 Å². The van der Waals surface area contributed by atoms with Crippen LogP contribution in [0.3, 0.4) is 0 Å². The van der Waals surface area contributed by atoms with Gasteiger partial charge in [0.15, 0.2) is 0 Å².